The lowest BCUT2D eigenvalue weighted by Gasteiger charge is -2.26. The van der Waals surface area contributed by atoms with Crippen molar-refractivity contribution in [2.45, 2.75) is 308 Å². The highest BCUT2D eigenvalue weighted by Gasteiger charge is 2.26. The van der Waals surface area contributed by atoms with Crippen LogP contribution in [-0.2, 0) is 4.79 Å². The average molecular weight is 858 g/mol. The Morgan fingerprint density at radius 1 is 0.393 bits per heavy atom. The Kier molecular flexibility index (Phi) is 50.0. The minimum absolute atomic E-state index is 0.157. The van der Waals surface area contributed by atoms with Crippen molar-refractivity contribution in [3.05, 3.63) is 36.5 Å². The van der Waals surface area contributed by atoms with E-state index in [0.29, 0.717) is 12.8 Å². The van der Waals surface area contributed by atoms with E-state index in [-0.39, 0.29) is 12.5 Å². The summed E-state index contributed by atoms with van der Waals surface area (Å²) < 4.78 is 0. The molecule has 3 unspecified atom stereocenters. The number of aliphatic hydroxyl groups is 3. The largest absolute Gasteiger partial charge is 0.394 e. The van der Waals surface area contributed by atoms with E-state index in [1.54, 1.807) is 0 Å². The molecule has 0 aliphatic carbocycles. The van der Waals surface area contributed by atoms with Crippen molar-refractivity contribution in [3.63, 3.8) is 0 Å². The number of hydrogen-bond donors (Lipinski definition) is 4. The van der Waals surface area contributed by atoms with Gasteiger partial charge in [0.25, 0.3) is 0 Å². The molecule has 5 nitrogen and oxygen atoms in total. The summed E-state index contributed by atoms with van der Waals surface area (Å²) in [5.74, 6) is -0.157. The molecule has 0 saturated heterocycles. The van der Waals surface area contributed by atoms with Gasteiger partial charge in [-0.25, -0.2) is 0 Å². The first-order chi connectivity index (χ1) is 30.1. The van der Waals surface area contributed by atoms with Gasteiger partial charge in [-0.1, -0.05) is 243 Å². The van der Waals surface area contributed by atoms with Gasteiger partial charge in [0.05, 0.1) is 18.8 Å². The summed E-state index contributed by atoms with van der Waals surface area (Å²) >= 11 is 0. The molecule has 1 amide bonds. The van der Waals surface area contributed by atoms with Crippen LogP contribution in [0.25, 0.3) is 0 Å². The van der Waals surface area contributed by atoms with Crippen LogP contribution in [0.3, 0.4) is 0 Å². The molecule has 3 atom stereocenters. The summed E-state index contributed by atoms with van der Waals surface area (Å²) in [6, 6.07) is -0.834. The lowest BCUT2D eigenvalue weighted by Crippen LogP contribution is -2.50. The molecule has 0 aromatic rings. The molecule has 0 aromatic heterocycles. The van der Waals surface area contributed by atoms with Crippen molar-refractivity contribution in [1.29, 1.82) is 0 Å². The zero-order valence-electron chi connectivity index (χ0n) is 41.1. The first kappa shape index (κ1) is 59.6. The highest BCUT2D eigenvalue weighted by molar-refractivity contribution is 5.76. The predicted octanol–water partition coefficient (Wildman–Crippen LogP) is 16.7. The van der Waals surface area contributed by atoms with Crippen molar-refractivity contribution in [2.75, 3.05) is 6.61 Å². The summed E-state index contributed by atoms with van der Waals surface area (Å²) in [6.07, 6.45) is 65.8. The van der Waals surface area contributed by atoms with Gasteiger partial charge in [-0.3, -0.25) is 4.79 Å². The lowest BCUT2D eigenvalue weighted by atomic mass is 10.0. The monoisotopic (exact) mass is 858 g/mol. The summed E-state index contributed by atoms with van der Waals surface area (Å²) in [5, 5.41) is 33.7. The van der Waals surface area contributed by atoms with Crippen LogP contribution in [-0.4, -0.2) is 46.1 Å². The van der Waals surface area contributed by atoms with Gasteiger partial charge < -0.3 is 20.6 Å². The smallest absolute Gasteiger partial charge is 0.220 e. The number of carbonyl (C=O) groups excluding carboxylic acids is 1. The Hall–Kier alpha value is -1.43. The van der Waals surface area contributed by atoms with Gasteiger partial charge >= 0.3 is 0 Å². The fraction of sp³-hybridized carbons (Fsp3) is 0.875. The molecule has 61 heavy (non-hydrogen) atoms. The molecule has 5 heteroatoms. The van der Waals surface area contributed by atoms with E-state index in [1.807, 2.05) is 0 Å². The van der Waals surface area contributed by atoms with Crippen molar-refractivity contribution in [3.8, 4) is 0 Å². The Morgan fingerprint density at radius 2 is 0.672 bits per heavy atom. The number of aliphatic hydroxyl groups excluding tert-OH is 3. The first-order valence-electron chi connectivity index (χ1n) is 27.3. The Morgan fingerprint density at radius 3 is 1.00 bits per heavy atom. The average Bonchev–Trinajstić information content (AvgIpc) is 3.26. The number of allylic oxidation sites excluding steroid dienone is 6. The standard InChI is InChI=1S/C56H107NO4/c1-3-5-7-9-11-13-15-17-19-21-23-25-26-27-28-29-31-33-35-37-39-41-43-45-47-49-51-55(60)57-53(52-58)56(61)54(59)50-48-46-44-42-40-38-36-34-32-30-24-22-20-18-16-14-12-10-8-6-4-2/h27-28,34,36,42,44,53-54,56,58-59,61H,3-26,29-33,35,37-41,43,45-52H2,1-2H3,(H,57,60)/b28-27-,36-34+,44-42+. The first-order valence-corrected chi connectivity index (χ1v) is 27.3. The molecule has 4 N–H and O–H groups in total. The maximum Gasteiger partial charge on any atom is 0.220 e. The molecular weight excluding hydrogens is 751 g/mol. The third kappa shape index (κ3) is 46.4. The minimum Gasteiger partial charge on any atom is -0.394 e. The number of amides is 1. The van der Waals surface area contributed by atoms with E-state index in [2.05, 4.69) is 55.6 Å². The molecule has 0 fully saturated rings. The summed E-state index contributed by atoms with van der Waals surface area (Å²) in [4.78, 5) is 12.5. The second-order valence-electron chi connectivity index (χ2n) is 18.8. The third-order valence-corrected chi connectivity index (χ3v) is 12.7. The molecule has 0 heterocycles. The van der Waals surface area contributed by atoms with Gasteiger partial charge in [-0.15, -0.1) is 0 Å². The summed E-state index contributed by atoms with van der Waals surface area (Å²) in [5.41, 5.74) is 0. The number of carbonyl (C=O) groups is 1. The van der Waals surface area contributed by atoms with Gasteiger partial charge in [0.2, 0.25) is 5.91 Å². The molecule has 0 aromatic carbocycles. The van der Waals surface area contributed by atoms with Crippen LogP contribution in [0, 0.1) is 0 Å². The van der Waals surface area contributed by atoms with Gasteiger partial charge in [-0.2, -0.15) is 0 Å². The third-order valence-electron chi connectivity index (χ3n) is 12.7. The zero-order valence-corrected chi connectivity index (χ0v) is 41.1. The fourth-order valence-corrected chi connectivity index (χ4v) is 8.47. The highest BCUT2D eigenvalue weighted by Crippen LogP contribution is 2.16. The van der Waals surface area contributed by atoms with Crippen LogP contribution in [0.2, 0.25) is 0 Å². The molecule has 0 aliphatic heterocycles. The maximum absolute atomic E-state index is 12.5. The van der Waals surface area contributed by atoms with Crippen molar-refractivity contribution in [2.24, 2.45) is 0 Å². The second-order valence-corrected chi connectivity index (χ2v) is 18.8. The fourth-order valence-electron chi connectivity index (χ4n) is 8.47. The van der Waals surface area contributed by atoms with Crippen molar-refractivity contribution in [1.82, 2.24) is 5.32 Å². The van der Waals surface area contributed by atoms with Gasteiger partial charge in [0.1, 0.15) is 6.10 Å². The lowest BCUT2D eigenvalue weighted by molar-refractivity contribution is -0.124. The van der Waals surface area contributed by atoms with Crippen LogP contribution in [0.1, 0.15) is 290 Å². The summed E-state index contributed by atoms with van der Waals surface area (Å²) in [6.45, 7) is 4.19. The van der Waals surface area contributed by atoms with Crippen molar-refractivity contribution >= 4 is 5.91 Å². The number of unbranched alkanes of at least 4 members (excludes halogenated alkanes) is 36. The molecule has 0 bridgehead atoms. The maximum atomic E-state index is 12.5. The molecule has 0 spiro atoms. The predicted molar refractivity (Wildman–Crippen MR) is 268 cm³/mol. The zero-order chi connectivity index (χ0) is 44.4. The Bertz CT molecular complexity index is 947. The molecule has 0 radical (unpaired) electrons. The van der Waals surface area contributed by atoms with Crippen LogP contribution < -0.4 is 5.32 Å². The highest BCUT2D eigenvalue weighted by atomic mass is 16.3. The van der Waals surface area contributed by atoms with Crippen LogP contribution in [0.5, 0.6) is 0 Å². The van der Waals surface area contributed by atoms with Gasteiger partial charge in [-0.05, 0) is 77.0 Å². The molecule has 360 valence electrons. The molecule has 0 rings (SSSR count). The second kappa shape index (κ2) is 51.2. The van der Waals surface area contributed by atoms with Crippen molar-refractivity contribution < 1.29 is 20.1 Å². The van der Waals surface area contributed by atoms with E-state index < -0.39 is 18.2 Å². The Balaban J connectivity index is 3.60. The van der Waals surface area contributed by atoms with E-state index in [4.69, 9.17) is 0 Å². The van der Waals surface area contributed by atoms with E-state index in [9.17, 15) is 20.1 Å². The SMILES string of the molecule is CCCCCCCCCCCCCC/C=C\CCCCCCCCCCCCC(=O)NC(CO)C(O)C(O)CCC/C=C/CC/C=C/CCCCCCCCCCCCCC. The van der Waals surface area contributed by atoms with E-state index >= 15 is 0 Å². The van der Waals surface area contributed by atoms with E-state index in [1.165, 1.54) is 218 Å². The van der Waals surface area contributed by atoms with Crippen LogP contribution in [0.15, 0.2) is 36.5 Å². The van der Waals surface area contributed by atoms with Gasteiger partial charge in [0, 0.05) is 6.42 Å². The topological polar surface area (TPSA) is 89.8 Å². The normalized spacial score (nSPS) is 13.6. The number of hydrogen-bond acceptors (Lipinski definition) is 4. The minimum atomic E-state index is -1.17. The molecule has 0 saturated carbocycles. The molecular formula is C56H107NO4. The molecule has 0 aliphatic rings. The van der Waals surface area contributed by atoms with Crippen LogP contribution in [0.4, 0.5) is 0 Å². The van der Waals surface area contributed by atoms with Gasteiger partial charge in [0.15, 0.2) is 0 Å². The number of nitrogens with one attached hydrogen (secondary N) is 1. The Labute approximate surface area is 381 Å². The number of rotatable bonds is 50. The van der Waals surface area contributed by atoms with E-state index in [0.717, 1.165) is 44.9 Å². The quantitative estimate of drug-likeness (QED) is 0.0362. The van der Waals surface area contributed by atoms with Crippen LogP contribution >= 0.6 is 0 Å². The summed E-state index contributed by atoms with van der Waals surface area (Å²) in [7, 11) is 0.